The van der Waals surface area contributed by atoms with Gasteiger partial charge in [0.15, 0.2) is 11.6 Å². The van der Waals surface area contributed by atoms with E-state index in [1.54, 1.807) is 0 Å². The molecule has 0 aromatic heterocycles. The van der Waals surface area contributed by atoms with Crippen molar-refractivity contribution in [2.45, 2.75) is 6.10 Å². The van der Waals surface area contributed by atoms with Crippen molar-refractivity contribution in [3.8, 4) is 0 Å². The number of ether oxygens (including phenoxy) is 2. The van der Waals surface area contributed by atoms with Crippen LogP contribution in [0, 0.1) is 11.6 Å². The van der Waals surface area contributed by atoms with Crippen molar-refractivity contribution < 1.29 is 33.0 Å². The fourth-order valence-electron chi connectivity index (χ4n) is 2.39. The Morgan fingerprint density at radius 1 is 1.18 bits per heavy atom. The highest BCUT2D eigenvalue weighted by Crippen LogP contribution is 2.32. The molecule has 0 spiro atoms. The minimum absolute atomic E-state index is 0.0146. The van der Waals surface area contributed by atoms with Gasteiger partial charge in [-0.2, -0.15) is 0 Å². The molecule has 0 aliphatic carbocycles. The Hall–Kier alpha value is -2.42. The first-order valence-corrected chi connectivity index (χ1v) is 6.53. The van der Waals surface area contributed by atoms with E-state index in [9.17, 15) is 18.4 Å². The van der Waals surface area contributed by atoms with Gasteiger partial charge >= 0.3 is 12.2 Å². The van der Waals surface area contributed by atoms with Crippen molar-refractivity contribution in [3.63, 3.8) is 0 Å². The molecule has 2 aliphatic heterocycles. The van der Waals surface area contributed by atoms with E-state index in [1.165, 1.54) is 0 Å². The van der Waals surface area contributed by atoms with Crippen molar-refractivity contribution in [3.05, 3.63) is 23.8 Å². The summed E-state index contributed by atoms with van der Waals surface area (Å²) in [6, 6.07) is 1.87. The number of halogens is 2. The quantitative estimate of drug-likeness (QED) is 0.908. The van der Waals surface area contributed by atoms with Crippen molar-refractivity contribution >= 4 is 23.6 Å². The van der Waals surface area contributed by atoms with E-state index in [4.69, 9.17) is 9.84 Å². The van der Waals surface area contributed by atoms with E-state index in [-0.39, 0.29) is 32.0 Å². The van der Waals surface area contributed by atoms with Gasteiger partial charge in [-0.1, -0.05) is 0 Å². The Morgan fingerprint density at radius 3 is 2.36 bits per heavy atom. The number of aliphatic hydroxyl groups is 1. The predicted octanol–water partition coefficient (Wildman–Crippen LogP) is 1.24. The van der Waals surface area contributed by atoms with Gasteiger partial charge in [0, 0.05) is 12.1 Å². The van der Waals surface area contributed by atoms with E-state index in [2.05, 4.69) is 4.74 Å². The average molecular weight is 314 g/mol. The van der Waals surface area contributed by atoms with E-state index in [0.717, 1.165) is 21.9 Å². The molecule has 3 rings (SSSR count). The molecule has 118 valence electrons. The predicted molar refractivity (Wildman–Crippen MR) is 69.8 cm³/mol. The Balaban J connectivity index is 1.93. The second kappa shape index (κ2) is 5.41. The number of hydrogen-bond acceptors (Lipinski definition) is 5. The van der Waals surface area contributed by atoms with Gasteiger partial charge in [-0.05, 0) is 0 Å². The monoisotopic (exact) mass is 314 g/mol. The van der Waals surface area contributed by atoms with Gasteiger partial charge in [-0.15, -0.1) is 0 Å². The standard InChI is InChI=1S/C13H12F2N2O5/c14-9-3-7(17-5-8(6-18)22-13(17)20)4-10(15)11(9)16-1-2-21-12(16)19/h3-4,8,18H,1-2,5-6H2/t8-/m0/s1. The highest BCUT2D eigenvalue weighted by atomic mass is 19.1. The van der Waals surface area contributed by atoms with Crippen LogP contribution in [0.4, 0.5) is 29.7 Å². The topological polar surface area (TPSA) is 79.3 Å². The lowest BCUT2D eigenvalue weighted by Gasteiger charge is -2.18. The summed E-state index contributed by atoms with van der Waals surface area (Å²) in [5.41, 5.74) is -0.565. The molecule has 7 nitrogen and oxygen atoms in total. The van der Waals surface area contributed by atoms with Crippen LogP contribution in [0.15, 0.2) is 12.1 Å². The molecule has 2 amide bonds. The minimum atomic E-state index is -0.992. The van der Waals surface area contributed by atoms with Crippen molar-refractivity contribution in [1.29, 1.82) is 0 Å². The largest absolute Gasteiger partial charge is 0.447 e. The lowest BCUT2D eigenvalue weighted by Crippen LogP contribution is -2.28. The number of cyclic esters (lactones) is 2. The zero-order valence-corrected chi connectivity index (χ0v) is 11.3. The van der Waals surface area contributed by atoms with Gasteiger partial charge in [-0.3, -0.25) is 9.80 Å². The molecule has 1 aromatic carbocycles. The fraction of sp³-hybridized carbons (Fsp3) is 0.385. The molecule has 1 N–H and O–H groups in total. The Labute approximate surface area is 123 Å². The second-order valence-electron chi connectivity index (χ2n) is 4.82. The van der Waals surface area contributed by atoms with Crippen molar-refractivity contribution in [1.82, 2.24) is 0 Å². The molecule has 22 heavy (non-hydrogen) atoms. The van der Waals surface area contributed by atoms with Gasteiger partial charge in [0.05, 0.1) is 25.4 Å². The minimum Gasteiger partial charge on any atom is -0.447 e. The summed E-state index contributed by atoms with van der Waals surface area (Å²) in [7, 11) is 0. The Bertz CT molecular complexity index is 616. The van der Waals surface area contributed by atoms with Crippen molar-refractivity contribution in [2.24, 2.45) is 0 Å². The van der Waals surface area contributed by atoms with Gasteiger partial charge < -0.3 is 14.6 Å². The zero-order chi connectivity index (χ0) is 15.9. The number of rotatable bonds is 3. The van der Waals surface area contributed by atoms with Crippen LogP contribution in [0.5, 0.6) is 0 Å². The molecular weight excluding hydrogens is 302 g/mol. The maximum absolute atomic E-state index is 14.2. The molecule has 2 saturated heterocycles. The van der Waals surface area contributed by atoms with Crippen LogP contribution in [0.2, 0.25) is 0 Å². The summed E-state index contributed by atoms with van der Waals surface area (Å²) in [4.78, 5) is 24.9. The van der Waals surface area contributed by atoms with Crippen LogP contribution >= 0.6 is 0 Å². The third-order valence-electron chi connectivity index (χ3n) is 3.42. The first-order valence-electron chi connectivity index (χ1n) is 6.53. The zero-order valence-electron chi connectivity index (χ0n) is 11.3. The Kier molecular flexibility index (Phi) is 3.57. The number of benzene rings is 1. The number of amides is 2. The molecule has 0 bridgehead atoms. The maximum Gasteiger partial charge on any atom is 0.414 e. The summed E-state index contributed by atoms with van der Waals surface area (Å²) in [5.74, 6) is -1.98. The lowest BCUT2D eigenvalue weighted by molar-refractivity contribution is 0.0963. The lowest BCUT2D eigenvalue weighted by atomic mass is 10.2. The van der Waals surface area contributed by atoms with Crippen LogP contribution in [0.25, 0.3) is 0 Å². The molecule has 9 heteroatoms. The number of nitrogens with zero attached hydrogens (tertiary/aromatic N) is 2. The third-order valence-corrected chi connectivity index (χ3v) is 3.42. The number of carbonyl (C=O) groups excluding carboxylic acids is 2. The summed E-state index contributed by atoms with van der Waals surface area (Å²) in [6.45, 7) is -0.301. The first-order chi connectivity index (χ1) is 10.5. The van der Waals surface area contributed by atoms with E-state index in [1.807, 2.05) is 0 Å². The van der Waals surface area contributed by atoms with Crippen LogP contribution in [0.3, 0.4) is 0 Å². The number of aliphatic hydroxyl groups excluding tert-OH is 1. The molecule has 2 fully saturated rings. The maximum atomic E-state index is 14.2. The Morgan fingerprint density at radius 2 is 1.86 bits per heavy atom. The average Bonchev–Trinajstić information content (AvgIpc) is 3.04. The molecule has 0 saturated carbocycles. The van der Waals surface area contributed by atoms with Crippen LogP contribution in [-0.2, 0) is 9.47 Å². The molecule has 1 atom stereocenters. The number of hydrogen-bond donors (Lipinski definition) is 1. The number of carbonyl (C=O) groups is 2. The van der Waals surface area contributed by atoms with Gasteiger partial charge in [0.25, 0.3) is 0 Å². The van der Waals surface area contributed by atoms with Crippen molar-refractivity contribution in [2.75, 3.05) is 36.1 Å². The molecule has 0 unspecified atom stereocenters. The molecule has 2 aliphatic rings. The molecule has 1 aromatic rings. The molecular formula is C13H12F2N2O5. The van der Waals surface area contributed by atoms with Gasteiger partial charge in [0.2, 0.25) is 0 Å². The summed E-state index contributed by atoms with van der Waals surface area (Å²) in [5, 5.41) is 8.96. The summed E-state index contributed by atoms with van der Waals surface area (Å²) in [6.07, 6.45) is -2.37. The smallest absolute Gasteiger partial charge is 0.414 e. The van der Waals surface area contributed by atoms with E-state index < -0.39 is 35.6 Å². The summed E-state index contributed by atoms with van der Waals surface area (Å²) >= 11 is 0. The fourth-order valence-corrected chi connectivity index (χ4v) is 2.39. The second-order valence-corrected chi connectivity index (χ2v) is 4.82. The SMILES string of the molecule is O=C1O[C@H](CO)CN1c1cc(F)c(N2CCOC2=O)c(F)c1. The van der Waals surface area contributed by atoms with E-state index >= 15 is 0 Å². The van der Waals surface area contributed by atoms with Gasteiger partial charge in [0.1, 0.15) is 18.4 Å². The highest BCUT2D eigenvalue weighted by molar-refractivity contribution is 5.92. The van der Waals surface area contributed by atoms with E-state index in [0.29, 0.717) is 0 Å². The third kappa shape index (κ3) is 2.33. The van der Waals surface area contributed by atoms with Crippen LogP contribution in [0.1, 0.15) is 0 Å². The number of anilines is 2. The van der Waals surface area contributed by atoms with Crippen LogP contribution < -0.4 is 9.80 Å². The highest BCUT2D eigenvalue weighted by Gasteiger charge is 2.34. The van der Waals surface area contributed by atoms with Crippen LogP contribution in [-0.4, -0.2) is 49.7 Å². The summed E-state index contributed by atoms with van der Waals surface area (Å²) < 4.78 is 37.8. The van der Waals surface area contributed by atoms with Gasteiger partial charge in [-0.25, -0.2) is 18.4 Å². The molecule has 2 heterocycles. The first kappa shape index (κ1) is 14.5. The normalized spacial score (nSPS) is 21.3. The molecule has 0 radical (unpaired) electrons.